The van der Waals surface area contributed by atoms with Crippen molar-refractivity contribution in [3.63, 3.8) is 0 Å². The summed E-state index contributed by atoms with van der Waals surface area (Å²) in [4.78, 5) is 50.1. The summed E-state index contributed by atoms with van der Waals surface area (Å²) in [6, 6.07) is 4.60. The number of anilines is 1. The van der Waals surface area contributed by atoms with Gasteiger partial charge in [0.05, 0.1) is 23.6 Å². The van der Waals surface area contributed by atoms with Crippen LogP contribution in [-0.4, -0.2) is 58.5 Å². The first-order chi connectivity index (χ1) is 18.4. The highest BCUT2D eigenvalue weighted by Gasteiger charge is 2.29. The Labute approximate surface area is 231 Å². The first-order valence-electron chi connectivity index (χ1n) is 12.5. The maximum atomic E-state index is 12.6. The van der Waals surface area contributed by atoms with Crippen LogP contribution in [0.25, 0.3) is 0 Å². The molecule has 0 unspecified atom stereocenters. The van der Waals surface area contributed by atoms with E-state index >= 15 is 0 Å². The number of nitrogens with one attached hydrogen (secondary N) is 3. The maximum Gasteiger partial charge on any atom is 0.341 e. The molecular weight excluding hydrogens is 546 g/mol. The number of thiophene rings is 1. The van der Waals surface area contributed by atoms with Crippen LogP contribution in [0.15, 0.2) is 23.1 Å². The Hall–Kier alpha value is -3.29. The number of hydrogen-bond acceptors (Lipinski definition) is 9. The summed E-state index contributed by atoms with van der Waals surface area (Å²) in [5.41, 5.74) is 2.96. The monoisotopic (exact) mass is 579 g/mol. The molecular formula is C26H33N3O8S2. The smallest absolute Gasteiger partial charge is 0.341 e. The minimum atomic E-state index is -3.91. The number of benzene rings is 1. The van der Waals surface area contributed by atoms with Crippen LogP contribution in [0.3, 0.4) is 0 Å². The number of hydrogen-bond donors (Lipinski definition) is 3. The number of rotatable bonds is 11. The van der Waals surface area contributed by atoms with Gasteiger partial charge in [0.25, 0.3) is 5.91 Å². The number of esters is 2. The van der Waals surface area contributed by atoms with Crippen LogP contribution in [0.5, 0.6) is 0 Å². The zero-order chi connectivity index (χ0) is 28.7. The lowest BCUT2D eigenvalue weighted by Gasteiger charge is -2.18. The summed E-state index contributed by atoms with van der Waals surface area (Å²) >= 11 is 1.32. The van der Waals surface area contributed by atoms with Gasteiger partial charge in [0.15, 0.2) is 6.61 Å². The normalized spacial score (nSPS) is 14.7. The van der Waals surface area contributed by atoms with E-state index < -0.39 is 53.5 Å². The summed E-state index contributed by atoms with van der Waals surface area (Å²) in [6.07, 6.45) is 2.45. The van der Waals surface area contributed by atoms with E-state index in [0.29, 0.717) is 22.9 Å². The molecule has 39 heavy (non-hydrogen) atoms. The first-order valence-corrected chi connectivity index (χ1v) is 14.8. The molecule has 2 amide bonds. The molecule has 1 aliphatic rings. The van der Waals surface area contributed by atoms with E-state index in [1.807, 2.05) is 6.92 Å². The summed E-state index contributed by atoms with van der Waals surface area (Å²) in [7, 11) is -3.91. The number of amides is 2. The lowest BCUT2D eigenvalue weighted by molar-refractivity contribution is -0.147. The minimum Gasteiger partial charge on any atom is -0.462 e. The second kappa shape index (κ2) is 13.2. The predicted octanol–water partition coefficient (Wildman–Crippen LogP) is 2.24. The number of aryl methyl sites for hydroxylation is 2. The van der Waals surface area contributed by atoms with Crippen molar-refractivity contribution < 1.29 is 37.1 Å². The molecule has 3 rings (SSSR count). The van der Waals surface area contributed by atoms with Crippen LogP contribution in [0, 0.1) is 19.8 Å². The van der Waals surface area contributed by atoms with E-state index in [2.05, 4.69) is 22.3 Å². The number of carbonyl (C=O) groups excluding carboxylic acids is 4. The van der Waals surface area contributed by atoms with Crippen LogP contribution in [0.4, 0.5) is 5.00 Å². The van der Waals surface area contributed by atoms with E-state index in [0.717, 1.165) is 34.4 Å². The van der Waals surface area contributed by atoms with E-state index in [1.165, 1.54) is 23.5 Å². The van der Waals surface area contributed by atoms with Crippen LogP contribution in [0.1, 0.15) is 52.2 Å². The standard InChI is InChI=1S/C26H33N3O8S2/c1-5-36-26(33)24-19-9-6-15(2)10-20(19)38-25(24)29-22(31)14-37-23(32)13-27-21(30)12-28-39(34,35)18-8-7-16(3)17(4)11-18/h7-8,11,15,28H,5-6,9-10,12-14H2,1-4H3,(H,27,30)(H,29,31)/t15-/m1/s1. The molecule has 0 saturated heterocycles. The van der Waals surface area contributed by atoms with Crippen LogP contribution < -0.4 is 15.4 Å². The highest BCUT2D eigenvalue weighted by Crippen LogP contribution is 2.40. The average Bonchev–Trinajstić information content (AvgIpc) is 3.23. The predicted molar refractivity (Wildman–Crippen MR) is 145 cm³/mol. The summed E-state index contributed by atoms with van der Waals surface area (Å²) in [5.74, 6) is -2.32. The molecule has 1 atom stereocenters. The Morgan fingerprint density at radius 1 is 1.05 bits per heavy atom. The third kappa shape index (κ3) is 8.10. The summed E-state index contributed by atoms with van der Waals surface area (Å²) < 4.78 is 37.1. The van der Waals surface area contributed by atoms with Gasteiger partial charge in [-0.05, 0) is 74.8 Å². The van der Waals surface area contributed by atoms with Crippen LogP contribution in [0.2, 0.25) is 0 Å². The van der Waals surface area contributed by atoms with Crippen molar-refractivity contribution in [2.75, 3.05) is 31.6 Å². The Morgan fingerprint density at radius 2 is 1.79 bits per heavy atom. The molecule has 0 aliphatic heterocycles. The molecule has 3 N–H and O–H groups in total. The SMILES string of the molecule is CCOC(=O)c1c(NC(=O)COC(=O)CNC(=O)CNS(=O)(=O)c2ccc(C)c(C)c2)sc2c1CC[C@@H](C)C2. The van der Waals surface area contributed by atoms with E-state index in [4.69, 9.17) is 9.47 Å². The molecule has 1 aliphatic carbocycles. The van der Waals surface area contributed by atoms with Crippen molar-refractivity contribution in [1.29, 1.82) is 0 Å². The van der Waals surface area contributed by atoms with Gasteiger partial charge in [-0.25, -0.2) is 17.9 Å². The van der Waals surface area contributed by atoms with Gasteiger partial charge in [0.1, 0.15) is 11.5 Å². The van der Waals surface area contributed by atoms with E-state index in [1.54, 1.807) is 19.9 Å². The van der Waals surface area contributed by atoms with E-state index in [9.17, 15) is 27.6 Å². The first kappa shape index (κ1) is 30.3. The summed E-state index contributed by atoms with van der Waals surface area (Å²) in [5, 5.41) is 5.24. The third-order valence-electron chi connectivity index (χ3n) is 6.25. The molecule has 212 valence electrons. The Kier molecular flexibility index (Phi) is 10.2. The van der Waals surface area contributed by atoms with Crippen molar-refractivity contribution in [1.82, 2.24) is 10.0 Å². The topological polar surface area (TPSA) is 157 Å². The van der Waals surface area contributed by atoms with Gasteiger partial charge in [0.2, 0.25) is 15.9 Å². The lowest BCUT2D eigenvalue weighted by atomic mass is 9.88. The molecule has 0 fully saturated rings. The molecule has 13 heteroatoms. The lowest BCUT2D eigenvalue weighted by Crippen LogP contribution is -2.39. The van der Waals surface area contributed by atoms with Crippen LogP contribution in [-0.2, 0) is 46.7 Å². The quantitative estimate of drug-likeness (QED) is 0.342. The molecule has 0 radical (unpaired) electrons. The summed E-state index contributed by atoms with van der Waals surface area (Å²) in [6.45, 7) is 5.89. The second-order valence-electron chi connectivity index (χ2n) is 9.33. The fourth-order valence-corrected chi connectivity index (χ4v) is 6.46. The van der Waals surface area contributed by atoms with Gasteiger partial charge < -0.3 is 20.1 Å². The Bertz CT molecular complexity index is 1370. The zero-order valence-corrected chi connectivity index (χ0v) is 24.0. The highest BCUT2D eigenvalue weighted by atomic mass is 32.2. The van der Waals surface area contributed by atoms with Crippen LogP contribution >= 0.6 is 11.3 Å². The van der Waals surface area contributed by atoms with Crippen molar-refractivity contribution in [2.24, 2.45) is 5.92 Å². The second-order valence-corrected chi connectivity index (χ2v) is 12.2. The van der Waals surface area contributed by atoms with Crippen molar-refractivity contribution >= 4 is 50.1 Å². The molecule has 1 aromatic heterocycles. The average molecular weight is 580 g/mol. The van der Waals surface area contributed by atoms with Crippen molar-refractivity contribution in [2.45, 2.75) is 51.9 Å². The third-order valence-corrected chi connectivity index (χ3v) is 8.82. The Balaban J connectivity index is 1.47. The van der Waals surface area contributed by atoms with E-state index in [-0.39, 0.29) is 11.5 Å². The molecule has 1 aromatic carbocycles. The van der Waals surface area contributed by atoms with Gasteiger partial charge in [-0.1, -0.05) is 13.0 Å². The van der Waals surface area contributed by atoms with Crippen molar-refractivity contribution in [3.8, 4) is 0 Å². The number of fused-ring (bicyclic) bond motifs is 1. The zero-order valence-electron chi connectivity index (χ0n) is 22.3. The molecule has 2 aromatic rings. The highest BCUT2D eigenvalue weighted by molar-refractivity contribution is 7.89. The van der Waals surface area contributed by atoms with Gasteiger partial charge >= 0.3 is 11.9 Å². The van der Waals surface area contributed by atoms with Gasteiger partial charge in [0, 0.05) is 4.88 Å². The molecule has 0 saturated carbocycles. The number of ether oxygens (including phenoxy) is 2. The van der Waals surface area contributed by atoms with Crippen molar-refractivity contribution in [3.05, 3.63) is 45.3 Å². The maximum absolute atomic E-state index is 12.6. The van der Waals surface area contributed by atoms with Gasteiger partial charge in [-0.15, -0.1) is 11.3 Å². The van der Waals surface area contributed by atoms with Gasteiger partial charge in [-0.3, -0.25) is 14.4 Å². The minimum absolute atomic E-state index is 0.0241. The molecule has 0 spiro atoms. The largest absolute Gasteiger partial charge is 0.462 e. The molecule has 11 nitrogen and oxygen atoms in total. The molecule has 1 heterocycles. The fraction of sp³-hybridized carbons (Fsp3) is 0.462. The van der Waals surface area contributed by atoms with Gasteiger partial charge in [-0.2, -0.15) is 0 Å². The Morgan fingerprint density at radius 3 is 2.49 bits per heavy atom. The number of carbonyl (C=O) groups is 4. The fourth-order valence-electron chi connectivity index (χ4n) is 3.98. The number of sulfonamides is 1. The molecule has 0 bridgehead atoms.